The van der Waals surface area contributed by atoms with Gasteiger partial charge >= 0.3 is 0 Å². The van der Waals surface area contributed by atoms with Gasteiger partial charge in [0.2, 0.25) is 0 Å². The Morgan fingerprint density at radius 3 is 2.65 bits per heavy atom. The van der Waals surface area contributed by atoms with E-state index in [1.807, 2.05) is 66.5 Å². The van der Waals surface area contributed by atoms with Gasteiger partial charge in [0.05, 0.1) is 36.3 Å². The average molecular weight is 350 g/mol. The Morgan fingerprint density at radius 2 is 1.88 bits per heavy atom. The van der Waals surface area contributed by atoms with E-state index in [2.05, 4.69) is 10.4 Å². The van der Waals surface area contributed by atoms with Gasteiger partial charge in [0, 0.05) is 26.0 Å². The predicted molar refractivity (Wildman–Crippen MR) is 103 cm³/mol. The summed E-state index contributed by atoms with van der Waals surface area (Å²) in [5.41, 5.74) is 3.11. The van der Waals surface area contributed by atoms with Crippen LogP contribution in [0.5, 0.6) is 0 Å². The summed E-state index contributed by atoms with van der Waals surface area (Å²) in [5.74, 6) is -0.172. The summed E-state index contributed by atoms with van der Waals surface area (Å²) in [4.78, 5) is 14.8. The molecule has 0 saturated heterocycles. The van der Waals surface area contributed by atoms with E-state index >= 15 is 0 Å². The molecule has 0 unspecified atom stereocenters. The van der Waals surface area contributed by atoms with Crippen LogP contribution in [0.1, 0.15) is 10.4 Å². The molecule has 0 aliphatic rings. The minimum atomic E-state index is -0.172. The van der Waals surface area contributed by atoms with Crippen LogP contribution in [0.2, 0.25) is 0 Å². The lowest BCUT2D eigenvalue weighted by Crippen LogP contribution is -2.18. The monoisotopic (exact) mass is 350 g/mol. The molecule has 1 heterocycles. The Hall–Kier alpha value is -3.12. The topological polar surface area (TPSA) is 59.4 Å². The van der Waals surface area contributed by atoms with Crippen LogP contribution in [0.3, 0.4) is 0 Å². The van der Waals surface area contributed by atoms with Crippen molar-refractivity contribution in [3.63, 3.8) is 0 Å². The molecular weight excluding hydrogens is 328 g/mol. The Balaban J connectivity index is 1.79. The molecule has 3 rings (SSSR count). The number of nitrogens with one attached hydrogen (secondary N) is 1. The number of carbonyl (C=O) groups excluding carboxylic acids is 1. The fourth-order valence-corrected chi connectivity index (χ4v) is 2.68. The van der Waals surface area contributed by atoms with Crippen LogP contribution in [0, 0.1) is 0 Å². The SMILES string of the molecule is COCCn1cc(NC(=O)c2ccccc2N(C)c2ccccc2)cn1. The molecule has 0 bridgehead atoms. The first-order valence-electron chi connectivity index (χ1n) is 8.39. The van der Waals surface area contributed by atoms with Gasteiger partial charge in [-0.25, -0.2) is 0 Å². The molecule has 2 aromatic carbocycles. The molecule has 26 heavy (non-hydrogen) atoms. The lowest BCUT2D eigenvalue weighted by molar-refractivity contribution is 0.102. The van der Waals surface area contributed by atoms with Crippen molar-refractivity contribution in [1.29, 1.82) is 0 Å². The van der Waals surface area contributed by atoms with Crippen molar-refractivity contribution in [1.82, 2.24) is 9.78 Å². The number of aromatic nitrogens is 2. The van der Waals surface area contributed by atoms with Crippen LogP contribution in [0.4, 0.5) is 17.1 Å². The van der Waals surface area contributed by atoms with Gasteiger partial charge in [-0.1, -0.05) is 30.3 Å². The third-order valence-electron chi connectivity index (χ3n) is 4.07. The molecule has 0 atom stereocenters. The Labute approximate surface area is 153 Å². The van der Waals surface area contributed by atoms with Gasteiger partial charge in [-0.05, 0) is 24.3 Å². The number of carbonyl (C=O) groups is 1. The van der Waals surface area contributed by atoms with Crippen molar-refractivity contribution < 1.29 is 9.53 Å². The van der Waals surface area contributed by atoms with E-state index in [1.165, 1.54) is 0 Å². The number of anilines is 3. The number of rotatable bonds is 7. The highest BCUT2D eigenvalue weighted by atomic mass is 16.5. The van der Waals surface area contributed by atoms with Gasteiger partial charge in [0.15, 0.2) is 0 Å². The summed E-state index contributed by atoms with van der Waals surface area (Å²) in [7, 11) is 3.59. The van der Waals surface area contributed by atoms with Gasteiger partial charge in [-0.3, -0.25) is 9.48 Å². The van der Waals surface area contributed by atoms with Crippen LogP contribution in [0.25, 0.3) is 0 Å². The highest BCUT2D eigenvalue weighted by Crippen LogP contribution is 2.27. The third kappa shape index (κ3) is 4.10. The van der Waals surface area contributed by atoms with Crippen LogP contribution in [0.15, 0.2) is 67.0 Å². The molecule has 0 aliphatic carbocycles. The smallest absolute Gasteiger partial charge is 0.257 e. The Morgan fingerprint density at radius 1 is 1.15 bits per heavy atom. The second-order valence-electron chi connectivity index (χ2n) is 5.85. The van der Waals surface area contributed by atoms with Gasteiger partial charge in [0.1, 0.15) is 0 Å². The molecule has 1 amide bonds. The van der Waals surface area contributed by atoms with Crippen molar-refractivity contribution >= 4 is 23.0 Å². The lowest BCUT2D eigenvalue weighted by Gasteiger charge is -2.22. The number of hydrogen-bond donors (Lipinski definition) is 1. The van der Waals surface area contributed by atoms with E-state index < -0.39 is 0 Å². The van der Waals surface area contributed by atoms with E-state index in [1.54, 1.807) is 24.2 Å². The maximum absolute atomic E-state index is 12.8. The van der Waals surface area contributed by atoms with Crippen LogP contribution in [-0.2, 0) is 11.3 Å². The third-order valence-corrected chi connectivity index (χ3v) is 4.07. The van der Waals surface area contributed by atoms with E-state index in [0.29, 0.717) is 24.4 Å². The first-order chi connectivity index (χ1) is 12.7. The zero-order chi connectivity index (χ0) is 18.4. The zero-order valence-electron chi connectivity index (χ0n) is 14.9. The van der Waals surface area contributed by atoms with Gasteiger partial charge in [0.25, 0.3) is 5.91 Å². The van der Waals surface area contributed by atoms with E-state index in [-0.39, 0.29) is 5.91 Å². The molecule has 0 spiro atoms. The predicted octanol–water partition coefficient (Wildman–Crippen LogP) is 3.55. The number of para-hydroxylation sites is 2. The Kier molecular flexibility index (Phi) is 5.66. The fourth-order valence-electron chi connectivity index (χ4n) is 2.68. The van der Waals surface area contributed by atoms with E-state index in [4.69, 9.17) is 4.74 Å². The molecule has 0 aliphatic heterocycles. The summed E-state index contributed by atoms with van der Waals surface area (Å²) in [5, 5.41) is 7.13. The fraction of sp³-hybridized carbons (Fsp3) is 0.200. The summed E-state index contributed by atoms with van der Waals surface area (Å²) < 4.78 is 6.77. The highest BCUT2D eigenvalue weighted by Gasteiger charge is 2.15. The quantitative estimate of drug-likeness (QED) is 0.708. The molecule has 6 nitrogen and oxygen atoms in total. The number of benzene rings is 2. The van der Waals surface area contributed by atoms with E-state index in [9.17, 15) is 4.79 Å². The highest BCUT2D eigenvalue weighted by molar-refractivity contribution is 6.08. The second-order valence-corrected chi connectivity index (χ2v) is 5.85. The normalized spacial score (nSPS) is 10.5. The van der Waals surface area contributed by atoms with Crippen LogP contribution in [-0.4, -0.2) is 36.5 Å². The molecular formula is C20H22N4O2. The second kappa shape index (κ2) is 8.31. The van der Waals surface area contributed by atoms with Crippen LogP contribution < -0.4 is 10.2 Å². The van der Waals surface area contributed by atoms with Gasteiger partial charge < -0.3 is 15.0 Å². The molecule has 0 fully saturated rings. The van der Waals surface area contributed by atoms with Crippen molar-refractivity contribution in [3.05, 3.63) is 72.6 Å². The first-order valence-corrected chi connectivity index (χ1v) is 8.39. The van der Waals surface area contributed by atoms with Crippen molar-refractivity contribution in [2.24, 2.45) is 0 Å². The number of nitrogens with zero attached hydrogens (tertiary/aromatic N) is 3. The number of hydrogen-bond acceptors (Lipinski definition) is 4. The first kappa shape index (κ1) is 17.7. The molecule has 1 N–H and O–H groups in total. The minimum Gasteiger partial charge on any atom is -0.383 e. The van der Waals surface area contributed by atoms with Gasteiger partial charge in [-0.15, -0.1) is 0 Å². The number of ether oxygens (including phenoxy) is 1. The molecule has 1 aromatic heterocycles. The van der Waals surface area contributed by atoms with Crippen molar-refractivity contribution in [3.8, 4) is 0 Å². The summed E-state index contributed by atoms with van der Waals surface area (Å²) in [6.07, 6.45) is 3.43. The molecule has 0 saturated carbocycles. The molecule has 6 heteroatoms. The average Bonchev–Trinajstić information content (AvgIpc) is 3.13. The standard InChI is InChI=1S/C20H22N4O2/c1-23(17-8-4-3-5-9-17)19-11-7-6-10-18(19)20(25)22-16-14-21-24(15-16)12-13-26-2/h3-11,14-15H,12-13H2,1-2H3,(H,22,25). The molecule has 134 valence electrons. The minimum absolute atomic E-state index is 0.172. The summed E-state index contributed by atoms with van der Waals surface area (Å²) >= 11 is 0. The molecule has 3 aromatic rings. The summed E-state index contributed by atoms with van der Waals surface area (Å²) in [6, 6.07) is 17.5. The maximum atomic E-state index is 12.8. The number of methoxy groups -OCH3 is 1. The van der Waals surface area contributed by atoms with E-state index in [0.717, 1.165) is 11.4 Å². The van der Waals surface area contributed by atoms with Crippen LogP contribution >= 0.6 is 0 Å². The zero-order valence-corrected chi connectivity index (χ0v) is 14.9. The lowest BCUT2D eigenvalue weighted by atomic mass is 10.1. The van der Waals surface area contributed by atoms with Crippen molar-refractivity contribution in [2.45, 2.75) is 6.54 Å². The molecule has 0 radical (unpaired) electrons. The van der Waals surface area contributed by atoms with Crippen molar-refractivity contribution in [2.75, 3.05) is 31.0 Å². The van der Waals surface area contributed by atoms with Gasteiger partial charge in [-0.2, -0.15) is 5.10 Å². The number of amides is 1. The Bertz CT molecular complexity index is 861. The maximum Gasteiger partial charge on any atom is 0.257 e. The summed E-state index contributed by atoms with van der Waals surface area (Å²) in [6.45, 7) is 1.21. The largest absolute Gasteiger partial charge is 0.383 e.